The number of hydrogen-bond donors (Lipinski definition) is 2. The van der Waals surface area contributed by atoms with Crippen LogP contribution in [0.2, 0.25) is 0 Å². The van der Waals surface area contributed by atoms with E-state index in [1.165, 1.54) is 0 Å². The number of nitrogens with zero attached hydrogens (tertiary/aromatic N) is 1. The van der Waals surface area contributed by atoms with E-state index >= 15 is 0 Å². The molecular formula is C14H18N2O2. The molecule has 18 heavy (non-hydrogen) atoms. The van der Waals surface area contributed by atoms with Crippen molar-refractivity contribution >= 4 is 16.5 Å². The van der Waals surface area contributed by atoms with Crippen LogP contribution in [0.4, 0.5) is 5.69 Å². The molecule has 0 aliphatic heterocycles. The Morgan fingerprint density at radius 1 is 1.11 bits per heavy atom. The number of fused-ring (bicyclic) bond motifs is 1. The molecule has 0 fully saturated rings. The van der Waals surface area contributed by atoms with Gasteiger partial charge in [0.2, 0.25) is 0 Å². The van der Waals surface area contributed by atoms with Crippen LogP contribution in [-0.4, -0.2) is 23.3 Å². The minimum Gasteiger partial charge on any atom is -0.493 e. The molecule has 0 amide bonds. The van der Waals surface area contributed by atoms with Gasteiger partial charge in [0.05, 0.1) is 6.61 Å². The van der Waals surface area contributed by atoms with Crippen molar-refractivity contribution in [1.29, 1.82) is 0 Å². The molecule has 0 spiro atoms. The summed E-state index contributed by atoms with van der Waals surface area (Å²) in [6, 6.07) is 5.64. The van der Waals surface area contributed by atoms with E-state index in [2.05, 4.69) is 4.98 Å². The van der Waals surface area contributed by atoms with E-state index in [0.29, 0.717) is 12.3 Å². The number of hydrogen-bond acceptors (Lipinski definition) is 4. The second kappa shape index (κ2) is 6.21. The Labute approximate surface area is 106 Å². The molecule has 1 heterocycles. The molecule has 3 N–H and O–H groups in total. The van der Waals surface area contributed by atoms with Crippen LogP contribution >= 0.6 is 0 Å². The predicted octanol–water partition coefficient (Wildman–Crippen LogP) is 2.36. The van der Waals surface area contributed by atoms with Gasteiger partial charge in [-0.05, 0) is 37.5 Å². The number of aromatic nitrogens is 1. The molecule has 0 bridgehead atoms. The fourth-order valence-electron chi connectivity index (χ4n) is 1.88. The molecule has 4 nitrogen and oxygen atoms in total. The van der Waals surface area contributed by atoms with Gasteiger partial charge in [-0.2, -0.15) is 0 Å². The van der Waals surface area contributed by atoms with Crippen LogP contribution in [0.15, 0.2) is 30.6 Å². The fourth-order valence-corrected chi connectivity index (χ4v) is 1.88. The zero-order chi connectivity index (χ0) is 12.8. The first-order valence-corrected chi connectivity index (χ1v) is 6.19. The van der Waals surface area contributed by atoms with Crippen molar-refractivity contribution in [2.75, 3.05) is 18.9 Å². The van der Waals surface area contributed by atoms with Crippen LogP contribution < -0.4 is 10.5 Å². The topological polar surface area (TPSA) is 68.4 Å². The van der Waals surface area contributed by atoms with Crippen LogP contribution in [0.3, 0.4) is 0 Å². The summed E-state index contributed by atoms with van der Waals surface area (Å²) in [4.78, 5) is 4.07. The number of nitrogens with two attached hydrogens (primary N) is 1. The van der Waals surface area contributed by atoms with Crippen LogP contribution in [-0.2, 0) is 0 Å². The molecule has 0 unspecified atom stereocenters. The van der Waals surface area contributed by atoms with Gasteiger partial charge in [0.25, 0.3) is 0 Å². The molecule has 0 saturated heterocycles. The van der Waals surface area contributed by atoms with E-state index < -0.39 is 0 Å². The Hall–Kier alpha value is -1.81. The average Bonchev–Trinajstić information content (AvgIpc) is 2.41. The third kappa shape index (κ3) is 2.90. The Morgan fingerprint density at radius 3 is 2.83 bits per heavy atom. The Morgan fingerprint density at radius 2 is 2.00 bits per heavy atom. The summed E-state index contributed by atoms with van der Waals surface area (Å²) in [5, 5.41) is 10.6. The van der Waals surface area contributed by atoms with E-state index in [4.69, 9.17) is 15.6 Å². The third-order valence-electron chi connectivity index (χ3n) is 2.87. The van der Waals surface area contributed by atoms with Crippen molar-refractivity contribution < 1.29 is 9.84 Å². The summed E-state index contributed by atoms with van der Waals surface area (Å²) < 4.78 is 5.76. The number of aliphatic hydroxyl groups excluding tert-OH is 1. The molecule has 0 saturated carbocycles. The lowest BCUT2D eigenvalue weighted by Crippen LogP contribution is -1.99. The highest BCUT2D eigenvalue weighted by molar-refractivity contribution is 5.96. The van der Waals surface area contributed by atoms with Crippen LogP contribution in [0, 0.1) is 0 Å². The van der Waals surface area contributed by atoms with Crippen molar-refractivity contribution in [2.45, 2.75) is 19.3 Å². The van der Waals surface area contributed by atoms with Gasteiger partial charge in [0.1, 0.15) is 5.75 Å². The predicted molar refractivity (Wildman–Crippen MR) is 72.6 cm³/mol. The Bertz CT molecular complexity index is 514. The number of pyridine rings is 1. The second-order valence-corrected chi connectivity index (χ2v) is 4.21. The van der Waals surface area contributed by atoms with Crippen LogP contribution in [0.25, 0.3) is 10.8 Å². The molecule has 2 rings (SSSR count). The summed E-state index contributed by atoms with van der Waals surface area (Å²) >= 11 is 0. The quantitative estimate of drug-likeness (QED) is 0.606. The first-order valence-electron chi connectivity index (χ1n) is 6.19. The van der Waals surface area contributed by atoms with Crippen molar-refractivity contribution in [3.63, 3.8) is 0 Å². The summed E-state index contributed by atoms with van der Waals surface area (Å²) in [5.74, 6) is 0.839. The minimum absolute atomic E-state index is 0.246. The Balaban J connectivity index is 2.07. The molecule has 0 radical (unpaired) electrons. The van der Waals surface area contributed by atoms with Gasteiger partial charge in [0, 0.05) is 35.5 Å². The molecule has 2 aromatic rings. The monoisotopic (exact) mass is 246 g/mol. The van der Waals surface area contributed by atoms with E-state index in [0.717, 1.165) is 35.8 Å². The highest BCUT2D eigenvalue weighted by atomic mass is 16.5. The van der Waals surface area contributed by atoms with Gasteiger partial charge in [-0.15, -0.1) is 0 Å². The Kier molecular flexibility index (Phi) is 4.36. The van der Waals surface area contributed by atoms with Crippen molar-refractivity contribution in [3.8, 4) is 5.75 Å². The normalized spacial score (nSPS) is 10.7. The van der Waals surface area contributed by atoms with Crippen molar-refractivity contribution in [1.82, 2.24) is 4.98 Å². The van der Waals surface area contributed by atoms with Gasteiger partial charge in [-0.3, -0.25) is 4.98 Å². The molecular weight excluding hydrogens is 228 g/mol. The van der Waals surface area contributed by atoms with Crippen molar-refractivity contribution in [3.05, 3.63) is 30.6 Å². The van der Waals surface area contributed by atoms with Gasteiger partial charge in [-0.25, -0.2) is 0 Å². The average molecular weight is 246 g/mol. The highest BCUT2D eigenvalue weighted by Crippen LogP contribution is 2.29. The molecule has 96 valence electrons. The fraction of sp³-hybridized carbons (Fsp3) is 0.357. The molecule has 1 aromatic heterocycles. The SMILES string of the molecule is Nc1ccc(OCCCCCO)c2ccncc12. The lowest BCUT2D eigenvalue weighted by atomic mass is 10.1. The number of benzene rings is 1. The van der Waals surface area contributed by atoms with E-state index in [1.807, 2.05) is 18.2 Å². The number of unbranched alkanes of at least 4 members (excludes halogenated alkanes) is 2. The maximum absolute atomic E-state index is 8.69. The number of rotatable bonds is 6. The summed E-state index contributed by atoms with van der Waals surface area (Å²) in [6.07, 6.45) is 6.24. The highest BCUT2D eigenvalue weighted by Gasteiger charge is 2.04. The second-order valence-electron chi connectivity index (χ2n) is 4.21. The standard InChI is InChI=1S/C14H18N2O2/c15-13-4-5-14(18-9-3-1-2-8-17)11-6-7-16-10-12(11)13/h4-7,10,17H,1-3,8-9,15H2. The number of anilines is 1. The molecule has 0 aliphatic carbocycles. The molecule has 4 heteroatoms. The van der Waals surface area contributed by atoms with E-state index in [-0.39, 0.29) is 6.61 Å². The minimum atomic E-state index is 0.246. The summed E-state index contributed by atoms with van der Waals surface area (Å²) in [6.45, 7) is 0.901. The van der Waals surface area contributed by atoms with Crippen LogP contribution in [0.1, 0.15) is 19.3 Å². The number of nitrogen functional groups attached to an aromatic ring is 1. The van der Waals surface area contributed by atoms with Gasteiger partial charge in [0.15, 0.2) is 0 Å². The zero-order valence-electron chi connectivity index (χ0n) is 10.3. The first-order chi connectivity index (χ1) is 8.83. The zero-order valence-corrected chi connectivity index (χ0v) is 10.3. The number of ether oxygens (including phenoxy) is 1. The van der Waals surface area contributed by atoms with Crippen LogP contribution in [0.5, 0.6) is 5.75 Å². The smallest absolute Gasteiger partial charge is 0.127 e. The molecule has 0 aliphatic rings. The molecule has 0 atom stereocenters. The third-order valence-corrected chi connectivity index (χ3v) is 2.87. The van der Waals surface area contributed by atoms with E-state index in [1.54, 1.807) is 12.4 Å². The lowest BCUT2D eigenvalue weighted by molar-refractivity contribution is 0.267. The molecule has 1 aromatic carbocycles. The largest absolute Gasteiger partial charge is 0.493 e. The van der Waals surface area contributed by atoms with Crippen molar-refractivity contribution in [2.24, 2.45) is 0 Å². The summed E-state index contributed by atoms with van der Waals surface area (Å²) in [7, 11) is 0. The lowest BCUT2D eigenvalue weighted by Gasteiger charge is -2.10. The number of aliphatic hydroxyl groups is 1. The van der Waals surface area contributed by atoms with E-state index in [9.17, 15) is 0 Å². The first kappa shape index (κ1) is 12.6. The van der Waals surface area contributed by atoms with Gasteiger partial charge >= 0.3 is 0 Å². The maximum atomic E-state index is 8.69. The maximum Gasteiger partial charge on any atom is 0.127 e. The summed E-state index contributed by atoms with van der Waals surface area (Å²) in [5.41, 5.74) is 6.61. The van der Waals surface area contributed by atoms with Gasteiger partial charge in [-0.1, -0.05) is 0 Å². The van der Waals surface area contributed by atoms with Gasteiger partial charge < -0.3 is 15.6 Å².